The molecule has 42 heavy (non-hydrogen) atoms. The third-order valence-electron chi connectivity index (χ3n) is 6.71. The monoisotopic (exact) mass is 546 g/mol. The average Bonchev–Trinajstić information content (AvgIpc) is 3.06. The molecule has 6 rings (SSSR count). The summed E-state index contributed by atoms with van der Waals surface area (Å²) in [7, 11) is 0. The van der Waals surface area contributed by atoms with Gasteiger partial charge in [-0.15, -0.1) is 0 Å². The second-order valence-corrected chi connectivity index (χ2v) is 9.62. The summed E-state index contributed by atoms with van der Waals surface area (Å²) in [4.78, 5) is 34.9. The first-order valence-electron chi connectivity index (χ1n) is 13.5. The average molecular weight is 547 g/mol. The van der Waals surface area contributed by atoms with Crippen molar-refractivity contribution in [3.8, 4) is 33.9 Å². The summed E-state index contributed by atoms with van der Waals surface area (Å²) in [5, 5.41) is 5.88. The maximum Gasteiger partial charge on any atom is 0.255 e. The maximum atomic E-state index is 12.6. The zero-order chi connectivity index (χ0) is 28.7. The Labute approximate surface area is 243 Å². The fourth-order valence-corrected chi connectivity index (χ4v) is 4.49. The van der Waals surface area contributed by atoms with Gasteiger partial charge in [-0.2, -0.15) is 0 Å². The normalized spacial score (nSPS) is 10.6. The molecule has 0 aliphatic heterocycles. The van der Waals surface area contributed by atoms with Gasteiger partial charge in [-0.3, -0.25) is 9.59 Å². The number of amides is 2. The third kappa shape index (κ3) is 6.13. The first kappa shape index (κ1) is 26.3. The predicted octanol–water partition coefficient (Wildman–Crippen LogP) is 7.98. The van der Waals surface area contributed by atoms with Crippen LogP contribution in [0.1, 0.15) is 20.7 Å². The molecule has 202 valence electrons. The van der Waals surface area contributed by atoms with E-state index in [1.807, 2.05) is 121 Å². The molecule has 6 heteroatoms. The molecule has 0 saturated heterocycles. The van der Waals surface area contributed by atoms with Crippen molar-refractivity contribution in [2.45, 2.75) is 0 Å². The lowest BCUT2D eigenvalue weighted by Crippen LogP contribution is -2.11. The highest BCUT2D eigenvalue weighted by atomic mass is 16.2. The molecular formula is C36H26N4O2. The summed E-state index contributed by atoms with van der Waals surface area (Å²) in [5.41, 5.74) is 6.76. The van der Waals surface area contributed by atoms with E-state index >= 15 is 0 Å². The minimum Gasteiger partial charge on any atom is -0.322 e. The topological polar surface area (TPSA) is 84.0 Å². The number of benzene rings is 5. The second-order valence-electron chi connectivity index (χ2n) is 9.62. The maximum absolute atomic E-state index is 12.6. The van der Waals surface area contributed by atoms with Crippen LogP contribution in [0.15, 0.2) is 146 Å². The fourth-order valence-electron chi connectivity index (χ4n) is 4.49. The van der Waals surface area contributed by atoms with Gasteiger partial charge in [-0.25, -0.2) is 9.97 Å². The van der Waals surface area contributed by atoms with Crippen molar-refractivity contribution in [1.82, 2.24) is 9.97 Å². The Hall–Kier alpha value is -5.88. The number of anilines is 2. The number of rotatable bonds is 7. The van der Waals surface area contributed by atoms with Gasteiger partial charge in [0.1, 0.15) is 0 Å². The van der Waals surface area contributed by atoms with Crippen LogP contribution in [0.3, 0.4) is 0 Å². The molecule has 6 nitrogen and oxygen atoms in total. The Morgan fingerprint density at radius 3 is 1.21 bits per heavy atom. The van der Waals surface area contributed by atoms with Gasteiger partial charge in [-0.1, -0.05) is 91.0 Å². The third-order valence-corrected chi connectivity index (χ3v) is 6.71. The van der Waals surface area contributed by atoms with E-state index in [9.17, 15) is 9.59 Å². The van der Waals surface area contributed by atoms with Crippen molar-refractivity contribution in [2.75, 3.05) is 10.6 Å². The van der Waals surface area contributed by atoms with Gasteiger partial charge in [0.2, 0.25) is 0 Å². The van der Waals surface area contributed by atoms with Crippen molar-refractivity contribution < 1.29 is 9.59 Å². The van der Waals surface area contributed by atoms with E-state index in [0.29, 0.717) is 28.3 Å². The number of nitrogens with one attached hydrogen (secondary N) is 2. The molecule has 6 aromatic rings. The predicted molar refractivity (Wildman–Crippen MR) is 167 cm³/mol. The molecule has 0 atom stereocenters. The molecule has 2 N–H and O–H groups in total. The van der Waals surface area contributed by atoms with Crippen LogP contribution >= 0.6 is 0 Å². The van der Waals surface area contributed by atoms with Crippen molar-refractivity contribution in [2.24, 2.45) is 0 Å². The van der Waals surface area contributed by atoms with Crippen molar-refractivity contribution in [3.63, 3.8) is 0 Å². The van der Waals surface area contributed by atoms with E-state index in [1.165, 1.54) is 0 Å². The molecule has 0 aliphatic rings. The van der Waals surface area contributed by atoms with E-state index < -0.39 is 0 Å². The lowest BCUT2D eigenvalue weighted by molar-refractivity contribution is 0.101. The van der Waals surface area contributed by atoms with Crippen LogP contribution < -0.4 is 10.6 Å². The molecule has 0 spiro atoms. The lowest BCUT2D eigenvalue weighted by Gasteiger charge is -2.11. The van der Waals surface area contributed by atoms with Crippen molar-refractivity contribution >= 4 is 23.2 Å². The minimum absolute atomic E-state index is 0.164. The smallest absolute Gasteiger partial charge is 0.255 e. The molecule has 0 bridgehead atoms. The SMILES string of the molecule is O=C(Nc1ccc(-c2cc(-c3ccc(NC(=O)c4ccccc4)cc3)nc(-c3ccccc3)n2)cc1)c1ccccc1. The van der Waals surface area contributed by atoms with Gasteiger partial charge in [0.05, 0.1) is 11.4 Å². The van der Waals surface area contributed by atoms with Crippen LogP contribution in [0.4, 0.5) is 11.4 Å². The van der Waals surface area contributed by atoms with E-state index in [2.05, 4.69) is 10.6 Å². The van der Waals surface area contributed by atoms with Crippen LogP contribution in [-0.4, -0.2) is 21.8 Å². The van der Waals surface area contributed by atoms with Crippen LogP contribution in [0.5, 0.6) is 0 Å². The van der Waals surface area contributed by atoms with E-state index in [1.54, 1.807) is 24.3 Å². The van der Waals surface area contributed by atoms with Crippen molar-refractivity contribution in [3.05, 3.63) is 157 Å². The molecule has 0 unspecified atom stereocenters. The van der Waals surface area contributed by atoms with Gasteiger partial charge in [-0.05, 0) is 54.6 Å². The molecule has 0 fully saturated rings. The van der Waals surface area contributed by atoms with Gasteiger partial charge in [0, 0.05) is 39.2 Å². The molecule has 5 aromatic carbocycles. The molecule has 0 aliphatic carbocycles. The minimum atomic E-state index is -0.164. The number of carbonyl (C=O) groups excluding carboxylic acids is 2. The van der Waals surface area contributed by atoms with Crippen LogP contribution in [0.2, 0.25) is 0 Å². The van der Waals surface area contributed by atoms with Crippen LogP contribution in [0, 0.1) is 0 Å². The van der Waals surface area contributed by atoms with Gasteiger partial charge >= 0.3 is 0 Å². The van der Waals surface area contributed by atoms with E-state index in [-0.39, 0.29) is 11.8 Å². The first-order valence-corrected chi connectivity index (χ1v) is 13.5. The Kier molecular flexibility index (Phi) is 7.59. The zero-order valence-corrected chi connectivity index (χ0v) is 22.6. The van der Waals surface area contributed by atoms with E-state index in [4.69, 9.17) is 9.97 Å². The van der Waals surface area contributed by atoms with Gasteiger partial charge < -0.3 is 10.6 Å². The van der Waals surface area contributed by atoms with Crippen LogP contribution in [-0.2, 0) is 0 Å². The summed E-state index contributed by atoms with van der Waals surface area (Å²) in [6.45, 7) is 0. The first-order chi connectivity index (χ1) is 20.6. The molecule has 0 radical (unpaired) electrons. The zero-order valence-electron chi connectivity index (χ0n) is 22.6. The summed E-state index contributed by atoms with van der Waals surface area (Å²) in [6.07, 6.45) is 0. The lowest BCUT2D eigenvalue weighted by atomic mass is 10.1. The van der Waals surface area contributed by atoms with Crippen LogP contribution in [0.25, 0.3) is 33.9 Å². The molecular weight excluding hydrogens is 520 g/mol. The number of hydrogen-bond donors (Lipinski definition) is 2. The van der Waals surface area contributed by atoms with Gasteiger partial charge in [0.25, 0.3) is 11.8 Å². The summed E-state index contributed by atoms with van der Waals surface area (Å²) in [6, 6.07) is 45.2. The van der Waals surface area contributed by atoms with Crippen molar-refractivity contribution in [1.29, 1.82) is 0 Å². The number of aromatic nitrogens is 2. The Morgan fingerprint density at radius 1 is 0.429 bits per heavy atom. The standard InChI is InChI=1S/C36H26N4O2/c41-35(28-12-6-2-7-13-28)37-30-20-16-25(17-21-30)32-24-33(40-34(39-32)27-10-4-1-5-11-27)26-18-22-31(23-19-26)38-36(42)29-14-8-3-9-15-29/h1-24H,(H,37,41)(H,38,42). The highest BCUT2D eigenvalue weighted by Crippen LogP contribution is 2.29. The Bertz CT molecular complexity index is 1710. The molecule has 2 amide bonds. The summed E-state index contributed by atoms with van der Waals surface area (Å²) in [5.74, 6) is 0.274. The summed E-state index contributed by atoms with van der Waals surface area (Å²) >= 11 is 0. The quantitative estimate of drug-likeness (QED) is 0.213. The molecule has 1 heterocycles. The highest BCUT2D eigenvalue weighted by Gasteiger charge is 2.12. The number of hydrogen-bond acceptors (Lipinski definition) is 4. The second kappa shape index (κ2) is 12.1. The summed E-state index contributed by atoms with van der Waals surface area (Å²) < 4.78 is 0. The highest BCUT2D eigenvalue weighted by molar-refractivity contribution is 6.05. The van der Waals surface area contributed by atoms with Gasteiger partial charge in [0.15, 0.2) is 5.82 Å². The largest absolute Gasteiger partial charge is 0.322 e. The molecule has 1 aromatic heterocycles. The number of nitrogens with zero attached hydrogens (tertiary/aromatic N) is 2. The number of carbonyl (C=O) groups is 2. The molecule has 0 saturated carbocycles. The van der Waals surface area contributed by atoms with E-state index in [0.717, 1.165) is 28.1 Å². The Morgan fingerprint density at radius 2 is 0.810 bits per heavy atom. The fraction of sp³-hybridized carbons (Fsp3) is 0. The Balaban J connectivity index is 1.28.